The maximum absolute atomic E-state index is 13.2. The lowest BCUT2D eigenvalue weighted by Gasteiger charge is -2.09. The van der Waals surface area contributed by atoms with Crippen LogP contribution in [-0.2, 0) is 11.3 Å². The molecule has 0 saturated heterocycles. The van der Waals surface area contributed by atoms with Gasteiger partial charge in [-0.3, -0.25) is 4.79 Å². The molecule has 174 valence electrons. The Morgan fingerprint density at radius 3 is 2.53 bits per heavy atom. The number of fused-ring (bicyclic) bond motifs is 1. The Morgan fingerprint density at radius 2 is 1.79 bits per heavy atom. The molecule has 0 atom stereocenters. The van der Waals surface area contributed by atoms with E-state index < -0.39 is 11.8 Å². The van der Waals surface area contributed by atoms with E-state index in [2.05, 4.69) is 0 Å². The summed E-state index contributed by atoms with van der Waals surface area (Å²) in [6.45, 7) is 2.39. The molecule has 0 saturated carbocycles. The summed E-state index contributed by atoms with van der Waals surface area (Å²) in [5.41, 5.74) is 0.966. The normalized spacial score (nSPS) is 10.8. The molecule has 0 aliphatic heterocycles. The topological polar surface area (TPSA) is 75.0 Å². The van der Waals surface area contributed by atoms with Gasteiger partial charge in [0, 0.05) is 11.6 Å². The third kappa shape index (κ3) is 5.38. The summed E-state index contributed by atoms with van der Waals surface area (Å²) in [5.74, 6) is -0.0198. The fraction of sp³-hybridized carbons (Fsp3) is 0.154. The van der Waals surface area contributed by atoms with E-state index in [1.165, 1.54) is 18.4 Å². The van der Waals surface area contributed by atoms with E-state index in [-0.39, 0.29) is 22.8 Å². The van der Waals surface area contributed by atoms with Gasteiger partial charge >= 0.3 is 5.97 Å². The van der Waals surface area contributed by atoms with Gasteiger partial charge in [0.15, 0.2) is 0 Å². The number of hydrogen-bond acceptors (Lipinski definition) is 6. The van der Waals surface area contributed by atoms with Gasteiger partial charge in [-0.25, -0.2) is 9.18 Å². The van der Waals surface area contributed by atoms with Crippen LogP contribution in [0.25, 0.3) is 11.0 Å². The van der Waals surface area contributed by atoms with E-state index in [0.29, 0.717) is 40.2 Å². The molecule has 0 radical (unpaired) electrons. The highest BCUT2D eigenvalue weighted by atomic mass is 35.5. The predicted octanol–water partition coefficient (Wildman–Crippen LogP) is 6.52. The van der Waals surface area contributed by atoms with Gasteiger partial charge in [0.1, 0.15) is 35.8 Å². The van der Waals surface area contributed by atoms with Crippen LogP contribution in [0.4, 0.5) is 4.39 Å². The molecule has 34 heavy (non-hydrogen) atoms. The van der Waals surface area contributed by atoms with Crippen molar-refractivity contribution in [1.29, 1.82) is 0 Å². The highest BCUT2D eigenvalue weighted by Crippen LogP contribution is 2.26. The summed E-state index contributed by atoms with van der Waals surface area (Å²) in [6.07, 6.45) is 1.95. The van der Waals surface area contributed by atoms with Crippen molar-refractivity contribution >= 4 is 28.5 Å². The molecule has 8 heteroatoms. The molecule has 0 aliphatic rings. The molecular weight excluding hydrogens is 463 g/mol. The van der Waals surface area contributed by atoms with Crippen LogP contribution in [0.2, 0.25) is 5.02 Å². The molecule has 6 nitrogen and oxygen atoms in total. The Morgan fingerprint density at radius 1 is 1.03 bits per heavy atom. The standard InChI is InChI=1S/C26H20ClFO6/c1-2-11-31-26(30)16-4-7-19(8-5-16)34-24-15-33-23-13-20(9-10-21(23)25(24)29)32-14-17-3-6-18(28)12-22(17)27/h3-10,12-13,15H,2,11,14H2,1H3. The highest BCUT2D eigenvalue weighted by molar-refractivity contribution is 6.31. The molecule has 3 aromatic carbocycles. The summed E-state index contributed by atoms with van der Waals surface area (Å²) < 4.78 is 35.2. The largest absolute Gasteiger partial charge is 0.489 e. The van der Waals surface area contributed by atoms with E-state index in [9.17, 15) is 14.0 Å². The monoisotopic (exact) mass is 482 g/mol. The molecule has 0 amide bonds. The quantitative estimate of drug-likeness (QED) is 0.266. The Labute approximate surface area is 199 Å². The average Bonchev–Trinajstić information content (AvgIpc) is 2.84. The van der Waals surface area contributed by atoms with Crippen molar-refractivity contribution in [3.8, 4) is 17.2 Å². The van der Waals surface area contributed by atoms with Crippen LogP contribution < -0.4 is 14.9 Å². The molecule has 0 fully saturated rings. The number of hydrogen-bond donors (Lipinski definition) is 0. The van der Waals surface area contributed by atoms with E-state index in [4.69, 9.17) is 30.2 Å². The molecule has 4 aromatic rings. The molecule has 1 heterocycles. The van der Waals surface area contributed by atoms with Crippen LogP contribution >= 0.6 is 11.6 Å². The third-order valence-electron chi connectivity index (χ3n) is 4.88. The molecule has 0 bridgehead atoms. The summed E-state index contributed by atoms with van der Waals surface area (Å²) >= 11 is 6.02. The molecule has 0 aliphatic carbocycles. The smallest absolute Gasteiger partial charge is 0.338 e. The van der Waals surface area contributed by atoms with E-state index in [0.717, 1.165) is 6.42 Å². The second kappa shape index (κ2) is 10.4. The third-order valence-corrected chi connectivity index (χ3v) is 5.23. The van der Waals surface area contributed by atoms with Crippen molar-refractivity contribution in [3.63, 3.8) is 0 Å². The van der Waals surface area contributed by atoms with Crippen LogP contribution in [-0.4, -0.2) is 12.6 Å². The summed E-state index contributed by atoms with van der Waals surface area (Å²) in [6, 6.07) is 15.1. The second-order valence-electron chi connectivity index (χ2n) is 7.37. The molecule has 0 spiro atoms. The van der Waals surface area contributed by atoms with Crippen molar-refractivity contribution in [1.82, 2.24) is 0 Å². The van der Waals surface area contributed by atoms with Crippen molar-refractivity contribution in [3.05, 3.63) is 99.1 Å². The first-order chi connectivity index (χ1) is 16.4. The number of halogens is 2. The SMILES string of the molecule is CCCOC(=O)c1ccc(Oc2coc3cc(OCc4ccc(F)cc4Cl)ccc3c2=O)cc1. The minimum atomic E-state index is -0.426. The molecule has 0 unspecified atom stereocenters. The van der Waals surface area contributed by atoms with E-state index in [1.54, 1.807) is 48.5 Å². The van der Waals surface area contributed by atoms with Crippen molar-refractivity contribution in [2.24, 2.45) is 0 Å². The highest BCUT2D eigenvalue weighted by Gasteiger charge is 2.12. The van der Waals surface area contributed by atoms with Gasteiger partial charge in [-0.1, -0.05) is 24.6 Å². The number of ether oxygens (including phenoxy) is 3. The van der Waals surface area contributed by atoms with Gasteiger partial charge in [0.25, 0.3) is 0 Å². The summed E-state index contributed by atoms with van der Waals surface area (Å²) in [7, 11) is 0. The Hall–Kier alpha value is -3.84. The Balaban J connectivity index is 1.47. The van der Waals surface area contributed by atoms with Crippen molar-refractivity contribution in [2.45, 2.75) is 20.0 Å². The van der Waals surface area contributed by atoms with Gasteiger partial charge < -0.3 is 18.6 Å². The Bertz CT molecular complexity index is 1380. The van der Waals surface area contributed by atoms with Crippen LogP contribution in [0.1, 0.15) is 29.3 Å². The lowest BCUT2D eigenvalue weighted by atomic mass is 10.2. The number of benzene rings is 3. The zero-order valence-electron chi connectivity index (χ0n) is 18.2. The second-order valence-corrected chi connectivity index (χ2v) is 7.78. The maximum Gasteiger partial charge on any atom is 0.338 e. The van der Waals surface area contributed by atoms with E-state index >= 15 is 0 Å². The maximum atomic E-state index is 13.2. The van der Waals surface area contributed by atoms with E-state index in [1.807, 2.05) is 6.92 Å². The molecule has 4 rings (SSSR count). The van der Waals surface area contributed by atoms with Gasteiger partial charge in [0.2, 0.25) is 11.2 Å². The van der Waals surface area contributed by atoms with Crippen molar-refractivity contribution in [2.75, 3.05) is 6.61 Å². The van der Waals surface area contributed by atoms with Crippen LogP contribution in [0.3, 0.4) is 0 Å². The van der Waals surface area contributed by atoms with Crippen LogP contribution in [0.5, 0.6) is 17.2 Å². The summed E-state index contributed by atoms with van der Waals surface area (Å²) in [4.78, 5) is 24.7. The fourth-order valence-electron chi connectivity index (χ4n) is 3.12. The van der Waals surface area contributed by atoms with Crippen LogP contribution in [0, 0.1) is 5.82 Å². The van der Waals surface area contributed by atoms with Crippen molar-refractivity contribution < 1.29 is 27.8 Å². The van der Waals surface area contributed by atoms with Gasteiger partial charge in [-0.15, -0.1) is 0 Å². The number of rotatable bonds is 8. The first-order valence-electron chi connectivity index (χ1n) is 10.5. The first-order valence-corrected chi connectivity index (χ1v) is 10.9. The lowest BCUT2D eigenvalue weighted by Crippen LogP contribution is -2.06. The fourth-order valence-corrected chi connectivity index (χ4v) is 3.34. The first kappa shape index (κ1) is 23.3. The molecule has 1 aromatic heterocycles. The zero-order chi connectivity index (χ0) is 24.1. The minimum absolute atomic E-state index is 0.000530. The number of carbonyl (C=O) groups is 1. The number of carbonyl (C=O) groups excluding carboxylic acids is 1. The predicted molar refractivity (Wildman–Crippen MR) is 125 cm³/mol. The zero-order valence-corrected chi connectivity index (χ0v) is 18.9. The van der Waals surface area contributed by atoms with Gasteiger partial charge in [-0.05, 0) is 55.0 Å². The minimum Gasteiger partial charge on any atom is -0.489 e. The summed E-state index contributed by atoms with van der Waals surface area (Å²) in [5, 5.41) is 0.574. The van der Waals surface area contributed by atoms with Gasteiger partial charge in [0.05, 0.1) is 22.6 Å². The van der Waals surface area contributed by atoms with Crippen LogP contribution in [0.15, 0.2) is 76.1 Å². The Kier molecular flexibility index (Phi) is 7.13. The lowest BCUT2D eigenvalue weighted by molar-refractivity contribution is 0.0505. The molecular formula is C26H20ClFO6. The molecule has 0 N–H and O–H groups in total. The van der Waals surface area contributed by atoms with Gasteiger partial charge in [-0.2, -0.15) is 0 Å². The average molecular weight is 483 g/mol. The number of esters is 1.